The van der Waals surface area contributed by atoms with Crippen LogP contribution in [0.1, 0.15) is 40.2 Å². The number of hydrogen-bond donors (Lipinski definition) is 1. The molecule has 1 aliphatic heterocycles. The van der Waals surface area contributed by atoms with Gasteiger partial charge in [0.1, 0.15) is 11.8 Å². The van der Waals surface area contributed by atoms with Crippen molar-refractivity contribution in [2.75, 3.05) is 4.90 Å². The number of nitrogens with one attached hydrogen (secondary N) is 1. The molecule has 4 aromatic rings. The van der Waals surface area contributed by atoms with E-state index < -0.39 is 0 Å². The molecule has 1 saturated heterocycles. The molecule has 0 aliphatic carbocycles. The first kappa shape index (κ1) is 21.7. The van der Waals surface area contributed by atoms with Gasteiger partial charge in [-0.05, 0) is 92.6 Å². The third-order valence-corrected chi connectivity index (χ3v) is 7.24. The van der Waals surface area contributed by atoms with Crippen LogP contribution in [0.4, 0.5) is 5.69 Å². The van der Waals surface area contributed by atoms with Gasteiger partial charge in [-0.3, -0.25) is 4.98 Å². The Morgan fingerprint density at radius 3 is 2.48 bits per heavy atom. The van der Waals surface area contributed by atoms with Crippen LogP contribution >= 0.6 is 24.0 Å². The first-order valence-corrected chi connectivity index (χ1v) is 12.1. The Labute approximate surface area is 204 Å². The lowest BCUT2D eigenvalue weighted by Crippen LogP contribution is -2.29. The lowest BCUT2D eigenvalue weighted by Gasteiger charge is -2.26. The van der Waals surface area contributed by atoms with E-state index >= 15 is 0 Å². The van der Waals surface area contributed by atoms with E-state index in [0.29, 0.717) is 5.11 Å². The van der Waals surface area contributed by atoms with Crippen LogP contribution in [0, 0.1) is 20.8 Å². The molecule has 0 spiro atoms. The summed E-state index contributed by atoms with van der Waals surface area (Å²) in [6.07, 6.45) is 1.82. The fraction of sp³-hybridized carbons (Fsp3) is 0.185. The highest BCUT2D eigenvalue weighted by atomic mass is 32.2. The molecule has 0 radical (unpaired) electrons. The van der Waals surface area contributed by atoms with E-state index in [4.69, 9.17) is 16.6 Å². The second-order valence-electron chi connectivity index (χ2n) is 8.34. The van der Waals surface area contributed by atoms with E-state index in [9.17, 15) is 0 Å². The Bertz CT molecular complexity index is 1280. The van der Waals surface area contributed by atoms with Gasteiger partial charge in [-0.2, -0.15) is 0 Å². The van der Waals surface area contributed by atoms with Crippen LogP contribution in [-0.2, 0) is 0 Å². The van der Waals surface area contributed by atoms with Gasteiger partial charge in [0.05, 0.1) is 11.7 Å². The average Bonchev–Trinajstić information content (AvgIpc) is 3.42. The van der Waals surface area contributed by atoms with Crippen LogP contribution in [0.25, 0.3) is 0 Å². The van der Waals surface area contributed by atoms with Crippen molar-refractivity contribution in [1.29, 1.82) is 0 Å². The molecule has 1 N–H and O–H groups in total. The van der Waals surface area contributed by atoms with Crippen LogP contribution in [0.15, 0.2) is 93.4 Å². The van der Waals surface area contributed by atoms with E-state index in [1.807, 2.05) is 30.5 Å². The van der Waals surface area contributed by atoms with E-state index in [1.54, 1.807) is 11.8 Å². The Morgan fingerprint density at radius 1 is 0.939 bits per heavy atom. The molecule has 3 heterocycles. The van der Waals surface area contributed by atoms with Gasteiger partial charge in [0.25, 0.3) is 0 Å². The molecule has 2 atom stereocenters. The Balaban J connectivity index is 1.53. The minimum atomic E-state index is -0.151. The third-order valence-electron chi connectivity index (χ3n) is 6.00. The quantitative estimate of drug-likeness (QED) is 0.318. The zero-order chi connectivity index (χ0) is 22.9. The summed E-state index contributed by atoms with van der Waals surface area (Å²) in [7, 11) is 0. The molecule has 2 aromatic heterocycles. The fourth-order valence-electron chi connectivity index (χ4n) is 4.07. The van der Waals surface area contributed by atoms with Crippen LogP contribution < -0.4 is 10.2 Å². The van der Waals surface area contributed by atoms with Crippen molar-refractivity contribution < 1.29 is 4.42 Å². The Kier molecular flexibility index (Phi) is 5.96. The summed E-state index contributed by atoms with van der Waals surface area (Å²) in [6, 6.07) is 24.7. The Hall–Kier alpha value is -3.09. The van der Waals surface area contributed by atoms with Gasteiger partial charge in [0.2, 0.25) is 0 Å². The number of nitrogens with zero attached hydrogens (tertiary/aromatic N) is 2. The molecular formula is C27H25N3OS2. The maximum absolute atomic E-state index is 6.40. The third kappa shape index (κ3) is 4.41. The number of hydrogen-bond acceptors (Lipinski definition) is 4. The zero-order valence-electron chi connectivity index (χ0n) is 18.8. The number of rotatable bonds is 5. The summed E-state index contributed by atoms with van der Waals surface area (Å²) >= 11 is 7.44. The summed E-state index contributed by atoms with van der Waals surface area (Å²) in [4.78, 5) is 7.92. The van der Waals surface area contributed by atoms with Crippen molar-refractivity contribution in [3.8, 4) is 0 Å². The second-order valence-corrected chi connectivity index (χ2v) is 9.80. The van der Waals surface area contributed by atoms with Crippen molar-refractivity contribution in [3.05, 3.63) is 107 Å². The first-order valence-electron chi connectivity index (χ1n) is 10.9. The monoisotopic (exact) mass is 471 g/mol. The van der Waals surface area contributed by atoms with Crippen LogP contribution in [0.3, 0.4) is 0 Å². The number of pyridine rings is 1. The van der Waals surface area contributed by atoms with E-state index in [-0.39, 0.29) is 12.1 Å². The predicted molar refractivity (Wildman–Crippen MR) is 138 cm³/mol. The van der Waals surface area contributed by atoms with Crippen LogP contribution in [0.2, 0.25) is 0 Å². The molecule has 2 unspecified atom stereocenters. The van der Waals surface area contributed by atoms with Gasteiger partial charge in [0.15, 0.2) is 10.2 Å². The molecule has 0 bridgehead atoms. The van der Waals surface area contributed by atoms with Crippen molar-refractivity contribution in [1.82, 2.24) is 10.3 Å². The molecule has 5 rings (SSSR count). The van der Waals surface area contributed by atoms with Gasteiger partial charge in [0, 0.05) is 16.8 Å². The van der Waals surface area contributed by atoms with Gasteiger partial charge < -0.3 is 14.6 Å². The van der Waals surface area contributed by atoms with Crippen molar-refractivity contribution in [2.45, 2.75) is 42.8 Å². The summed E-state index contributed by atoms with van der Waals surface area (Å²) in [5.74, 6) is 0.853. The smallest absolute Gasteiger partial charge is 0.174 e. The molecule has 0 saturated carbocycles. The summed E-state index contributed by atoms with van der Waals surface area (Å²) in [5, 5.41) is 5.02. The number of thiocarbonyl (C=S) groups is 1. The molecule has 166 valence electrons. The van der Waals surface area contributed by atoms with E-state index in [0.717, 1.165) is 27.1 Å². The molecule has 1 aliphatic rings. The molecule has 33 heavy (non-hydrogen) atoms. The largest absolute Gasteiger partial charge is 0.452 e. The standard InChI is InChI=1S/C27H25N3OS2/c1-17-7-11-21(12-8-17)33-24-14-13-23(31-24)26-25(22-6-4-5-15-28-22)29-27(32)30(26)20-10-9-18(2)19(3)16-20/h4-16,25-26H,1-3H3,(H,29,32). The first-order chi connectivity index (χ1) is 16.0. The second kappa shape index (κ2) is 9.04. The highest BCUT2D eigenvalue weighted by Gasteiger charge is 2.42. The molecule has 6 heteroatoms. The van der Waals surface area contributed by atoms with Crippen molar-refractivity contribution in [2.24, 2.45) is 0 Å². The summed E-state index contributed by atoms with van der Waals surface area (Å²) in [5.41, 5.74) is 5.70. The summed E-state index contributed by atoms with van der Waals surface area (Å²) < 4.78 is 6.40. The molecule has 0 amide bonds. The zero-order valence-corrected chi connectivity index (χ0v) is 20.4. The normalized spacial score (nSPS) is 17.9. The minimum absolute atomic E-state index is 0.122. The predicted octanol–water partition coefficient (Wildman–Crippen LogP) is 6.93. The average molecular weight is 472 g/mol. The van der Waals surface area contributed by atoms with Gasteiger partial charge in [-0.15, -0.1) is 0 Å². The highest BCUT2D eigenvalue weighted by molar-refractivity contribution is 7.99. The minimum Gasteiger partial charge on any atom is -0.452 e. The topological polar surface area (TPSA) is 41.3 Å². The van der Waals surface area contributed by atoms with Crippen molar-refractivity contribution in [3.63, 3.8) is 0 Å². The Morgan fingerprint density at radius 2 is 1.76 bits per heavy atom. The van der Waals surface area contributed by atoms with Crippen LogP contribution in [-0.4, -0.2) is 10.1 Å². The van der Waals surface area contributed by atoms with E-state index in [1.165, 1.54) is 16.7 Å². The van der Waals surface area contributed by atoms with E-state index in [2.05, 4.69) is 84.5 Å². The SMILES string of the molecule is Cc1ccc(Sc2ccc(C3C(c4ccccn4)NC(=S)N3c3ccc(C)c(C)c3)o2)cc1. The van der Waals surface area contributed by atoms with Gasteiger partial charge >= 0.3 is 0 Å². The summed E-state index contributed by atoms with van der Waals surface area (Å²) in [6.45, 7) is 6.34. The number of aromatic nitrogens is 1. The van der Waals surface area contributed by atoms with Crippen LogP contribution in [0.5, 0.6) is 0 Å². The molecule has 2 aromatic carbocycles. The maximum Gasteiger partial charge on any atom is 0.174 e. The number of anilines is 1. The highest BCUT2D eigenvalue weighted by Crippen LogP contribution is 2.43. The van der Waals surface area contributed by atoms with Crippen molar-refractivity contribution >= 4 is 34.8 Å². The van der Waals surface area contributed by atoms with Gasteiger partial charge in [-0.1, -0.05) is 41.6 Å². The number of benzene rings is 2. The maximum atomic E-state index is 6.40. The lowest BCUT2D eigenvalue weighted by molar-refractivity contribution is 0.383. The van der Waals surface area contributed by atoms with Gasteiger partial charge in [-0.25, -0.2) is 0 Å². The number of aryl methyl sites for hydroxylation is 3. The molecule has 1 fully saturated rings. The fourth-order valence-corrected chi connectivity index (χ4v) is 5.19. The lowest BCUT2D eigenvalue weighted by atomic mass is 10.0. The molecule has 4 nitrogen and oxygen atoms in total. The molecular weight excluding hydrogens is 446 g/mol. The number of furan rings is 1.